The third-order valence-electron chi connectivity index (χ3n) is 3.88. The van der Waals surface area contributed by atoms with Crippen LogP contribution in [0.25, 0.3) is 0 Å². The summed E-state index contributed by atoms with van der Waals surface area (Å²) in [6.45, 7) is 3.60. The maximum atomic E-state index is 12.4. The number of nitrogens with zero attached hydrogens (tertiary/aromatic N) is 1. The first-order valence-corrected chi connectivity index (χ1v) is 8.30. The Morgan fingerprint density at radius 3 is 2.83 bits per heavy atom. The highest BCUT2D eigenvalue weighted by atomic mass is 35.5. The lowest BCUT2D eigenvalue weighted by Crippen LogP contribution is -2.40. The summed E-state index contributed by atoms with van der Waals surface area (Å²) in [4.78, 5) is 25.7. The van der Waals surface area contributed by atoms with Crippen LogP contribution in [0.2, 0.25) is 5.02 Å². The molecule has 1 atom stereocenters. The fourth-order valence-corrected chi connectivity index (χ4v) is 2.75. The van der Waals surface area contributed by atoms with Crippen molar-refractivity contribution in [2.45, 2.75) is 32.2 Å². The van der Waals surface area contributed by atoms with Crippen LogP contribution in [0.1, 0.15) is 36.5 Å². The fourth-order valence-electron chi connectivity index (χ4n) is 2.53. The maximum absolute atomic E-state index is 12.4. The van der Waals surface area contributed by atoms with Gasteiger partial charge in [-0.2, -0.15) is 0 Å². The Morgan fingerprint density at radius 1 is 1.50 bits per heavy atom. The van der Waals surface area contributed by atoms with Gasteiger partial charge < -0.3 is 16.4 Å². The molecule has 1 unspecified atom stereocenters. The van der Waals surface area contributed by atoms with Gasteiger partial charge in [0.2, 0.25) is 0 Å². The van der Waals surface area contributed by atoms with Crippen LogP contribution in [-0.2, 0) is 0 Å². The molecule has 0 bridgehead atoms. The summed E-state index contributed by atoms with van der Waals surface area (Å²) in [6, 6.07) is 4.70. The van der Waals surface area contributed by atoms with E-state index in [1.165, 1.54) is 4.90 Å². The van der Waals surface area contributed by atoms with Gasteiger partial charge in [0, 0.05) is 31.2 Å². The van der Waals surface area contributed by atoms with E-state index in [1.54, 1.807) is 18.2 Å². The van der Waals surface area contributed by atoms with E-state index >= 15 is 0 Å². The van der Waals surface area contributed by atoms with Crippen molar-refractivity contribution in [2.24, 2.45) is 5.73 Å². The van der Waals surface area contributed by atoms with Gasteiger partial charge in [-0.3, -0.25) is 9.69 Å². The normalized spacial score (nSPS) is 14.8. The molecule has 1 aromatic rings. The van der Waals surface area contributed by atoms with Gasteiger partial charge in [0.25, 0.3) is 5.91 Å². The topological polar surface area (TPSA) is 87.5 Å². The summed E-state index contributed by atoms with van der Waals surface area (Å²) in [7, 11) is 0. The summed E-state index contributed by atoms with van der Waals surface area (Å²) in [6.07, 6.45) is 2.93. The van der Waals surface area contributed by atoms with Crippen LogP contribution in [0.3, 0.4) is 0 Å². The van der Waals surface area contributed by atoms with Crippen molar-refractivity contribution < 1.29 is 9.59 Å². The van der Waals surface area contributed by atoms with E-state index in [9.17, 15) is 9.59 Å². The number of hydrogen-bond acceptors (Lipinski definition) is 3. The number of amides is 3. The lowest BCUT2D eigenvalue weighted by Gasteiger charge is -2.19. The minimum Gasteiger partial charge on any atom is -0.348 e. The smallest absolute Gasteiger partial charge is 0.322 e. The standard InChI is InChI=1S/C16H23ClN4O2.ClH/c1-2-3-4-12(10-18)20-15(22)11-5-6-13(17)14(9-11)21-8-7-19-16(21)23;/h5-6,9,12H,2-4,7-8,10,18H2,1H3,(H,19,23)(H,20,22);1H. The van der Waals surface area contributed by atoms with Gasteiger partial charge in [0.05, 0.1) is 10.7 Å². The Hall–Kier alpha value is -1.50. The van der Waals surface area contributed by atoms with Gasteiger partial charge >= 0.3 is 6.03 Å². The molecule has 0 saturated carbocycles. The van der Waals surface area contributed by atoms with Crippen LogP contribution in [0.4, 0.5) is 10.5 Å². The molecule has 0 radical (unpaired) electrons. The second-order valence-corrected chi connectivity index (χ2v) is 6.01. The number of urea groups is 1. The van der Waals surface area contributed by atoms with Gasteiger partial charge in [-0.1, -0.05) is 31.4 Å². The average Bonchev–Trinajstić information content (AvgIpc) is 2.97. The van der Waals surface area contributed by atoms with E-state index < -0.39 is 0 Å². The van der Waals surface area contributed by atoms with Crippen molar-refractivity contribution in [3.05, 3.63) is 28.8 Å². The molecule has 2 rings (SSSR count). The molecule has 0 aliphatic carbocycles. The van der Waals surface area contributed by atoms with Gasteiger partial charge in [0.15, 0.2) is 0 Å². The molecule has 24 heavy (non-hydrogen) atoms. The molecule has 134 valence electrons. The zero-order chi connectivity index (χ0) is 16.8. The first kappa shape index (κ1) is 20.5. The van der Waals surface area contributed by atoms with Crippen molar-refractivity contribution >= 4 is 41.6 Å². The SMILES string of the molecule is CCCCC(CN)NC(=O)c1ccc(Cl)c(N2CCNC2=O)c1.Cl. The Kier molecular flexibility index (Phi) is 8.31. The van der Waals surface area contributed by atoms with Crippen molar-refractivity contribution in [3.8, 4) is 0 Å². The number of carbonyl (C=O) groups excluding carboxylic acids is 2. The lowest BCUT2D eigenvalue weighted by molar-refractivity contribution is 0.0935. The monoisotopic (exact) mass is 374 g/mol. The molecule has 1 saturated heterocycles. The molecule has 0 aromatic heterocycles. The van der Waals surface area contributed by atoms with Crippen molar-refractivity contribution in [3.63, 3.8) is 0 Å². The van der Waals surface area contributed by atoms with E-state index in [4.69, 9.17) is 17.3 Å². The van der Waals surface area contributed by atoms with Crippen LogP contribution in [-0.4, -0.2) is 37.6 Å². The predicted octanol–water partition coefficient (Wildman–Crippen LogP) is 2.54. The van der Waals surface area contributed by atoms with Gasteiger partial charge in [-0.15, -0.1) is 12.4 Å². The maximum Gasteiger partial charge on any atom is 0.322 e. The number of hydrogen-bond donors (Lipinski definition) is 3. The highest BCUT2D eigenvalue weighted by Crippen LogP contribution is 2.28. The zero-order valence-electron chi connectivity index (χ0n) is 13.7. The summed E-state index contributed by atoms with van der Waals surface area (Å²) in [5, 5.41) is 6.10. The molecule has 6 nitrogen and oxygen atoms in total. The Morgan fingerprint density at radius 2 is 2.25 bits per heavy atom. The van der Waals surface area contributed by atoms with Crippen LogP contribution in [0, 0.1) is 0 Å². The van der Waals surface area contributed by atoms with Gasteiger partial charge in [0.1, 0.15) is 0 Å². The van der Waals surface area contributed by atoms with Crippen LogP contribution >= 0.6 is 24.0 Å². The van der Waals surface area contributed by atoms with E-state index in [0.29, 0.717) is 35.9 Å². The second kappa shape index (κ2) is 9.71. The third-order valence-corrected chi connectivity index (χ3v) is 4.20. The summed E-state index contributed by atoms with van der Waals surface area (Å²) in [5.74, 6) is -0.200. The number of halogens is 2. The van der Waals surface area contributed by atoms with Crippen LogP contribution in [0.5, 0.6) is 0 Å². The summed E-state index contributed by atoms with van der Waals surface area (Å²) in [5.41, 5.74) is 6.73. The quantitative estimate of drug-likeness (QED) is 0.685. The molecular formula is C16H24Cl2N4O2. The molecule has 3 amide bonds. The molecule has 0 spiro atoms. The minimum absolute atomic E-state index is 0. The Labute approximate surface area is 153 Å². The molecule has 1 fully saturated rings. The van der Waals surface area contributed by atoms with Crippen LogP contribution < -0.4 is 21.3 Å². The largest absolute Gasteiger partial charge is 0.348 e. The number of nitrogens with one attached hydrogen (secondary N) is 2. The Bertz CT molecular complexity index is 583. The van der Waals surface area contributed by atoms with Crippen molar-refractivity contribution in [2.75, 3.05) is 24.5 Å². The molecule has 4 N–H and O–H groups in total. The van der Waals surface area contributed by atoms with E-state index in [-0.39, 0.29) is 30.4 Å². The highest BCUT2D eigenvalue weighted by Gasteiger charge is 2.24. The zero-order valence-corrected chi connectivity index (χ0v) is 15.3. The first-order valence-electron chi connectivity index (χ1n) is 7.92. The third kappa shape index (κ3) is 5.00. The molecule has 8 heteroatoms. The molecular weight excluding hydrogens is 351 g/mol. The summed E-state index contributed by atoms with van der Waals surface area (Å²) >= 11 is 6.17. The second-order valence-electron chi connectivity index (χ2n) is 5.60. The number of rotatable bonds is 7. The molecule has 1 aliphatic rings. The fraction of sp³-hybridized carbons (Fsp3) is 0.500. The number of carbonyl (C=O) groups is 2. The number of benzene rings is 1. The summed E-state index contributed by atoms with van der Waals surface area (Å²) < 4.78 is 0. The number of nitrogens with two attached hydrogens (primary N) is 1. The molecule has 1 aliphatic heterocycles. The van der Waals surface area contributed by atoms with Gasteiger partial charge in [-0.05, 0) is 24.6 Å². The minimum atomic E-state index is -0.202. The van der Waals surface area contributed by atoms with E-state index in [1.807, 2.05) is 0 Å². The van der Waals surface area contributed by atoms with Gasteiger partial charge in [-0.25, -0.2) is 4.79 Å². The molecule has 1 heterocycles. The van der Waals surface area contributed by atoms with E-state index in [0.717, 1.165) is 19.3 Å². The average molecular weight is 375 g/mol. The Balaban J connectivity index is 0.00000288. The van der Waals surface area contributed by atoms with Crippen molar-refractivity contribution in [1.29, 1.82) is 0 Å². The number of unbranched alkanes of at least 4 members (excludes halogenated alkanes) is 1. The van der Waals surface area contributed by atoms with Crippen molar-refractivity contribution in [1.82, 2.24) is 10.6 Å². The lowest BCUT2D eigenvalue weighted by atomic mass is 10.1. The van der Waals surface area contributed by atoms with Crippen LogP contribution in [0.15, 0.2) is 18.2 Å². The predicted molar refractivity (Wildman–Crippen MR) is 99.3 cm³/mol. The van der Waals surface area contributed by atoms with E-state index in [2.05, 4.69) is 17.6 Å². The highest BCUT2D eigenvalue weighted by molar-refractivity contribution is 6.34. The first-order chi connectivity index (χ1) is 11.1. The number of anilines is 1. The molecule has 1 aromatic carbocycles.